The largest absolute Gasteiger partial charge is 0.347 e. The number of anilines is 1. The Labute approximate surface area is 167 Å². The normalized spacial score (nSPS) is 11.2. The Morgan fingerprint density at radius 2 is 1.86 bits per heavy atom. The minimum Gasteiger partial charge on any atom is -0.347 e. The van der Waals surface area contributed by atoms with E-state index in [4.69, 9.17) is 0 Å². The van der Waals surface area contributed by atoms with Gasteiger partial charge in [-0.25, -0.2) is 12.8 Å². The van der Waals surface area contributed by atoms with Gasteiger partial charge < -0.3 is 5.32 Å². The molecule has 0 aliphatic carbocycles. The zero-order valence-corrected chi connectivity index (χ0v) is 17.0. The molecule has 0 fully saturated rings. The van der Waals surface area contributed by atoms with Gasteiger partial charge in [0.05, 0.1) is 11.4 Å². The third-order valence-corrected chi connectivity index (χ3v) is 6.61. The molecular weight excluding hydrogens is 399 g/mol. The first-order valence-electron chi connectivity index (χ1n) is 8.46. The molecule has 0 atom stereocenters. The lowest BCUT2D eigenvalue weighted by atomic mass is 10.2. The van der Waals surface area contributed by atoms with Crippen molar-refractivity contribution in [2.75, 3.05) is 4.72 Å². The number of hydrogen-bond donors (Lipinski definition) is 2. The molecule has 0 unspecified atom stereocenters. The van der Waals surface area contributed by atoms with E-state index in [1.807, 2.05) is 18.4 Å². The number of hydrogen-bond acceptors (Lipinski definition) is 4. The number of sulfonamides is 1. The first-order chi connectivity index (χ1) is 13.3. The van der Waals surface area contributed by atoms with Crippen molar-refractivity contribution < 1.29 is 17.6 Å². The molecule has 0 saturated heterocycles. The molecule has 0 aliphatic heterocycles. The molecule has 28 heavy (non-hydrogen) atoms. The van der Waals surface area contributed by atoms with Gasteiger partial charge in [-0.15, -0.1) is 11.3 Å². The predicted molar refractivity (Wildman–Crippen MR) is 109 cm³/mol. The number of carbonyl (C=O) groups excluding carboxylic acids is 1. The van der Waals surface area contributed by atoms with Crippen LogP contribution in [0.4, 0.5) is 10.1 Å². The Morgan fingerprint density at radius 1 is 1.07 bits per heavy atom. The molecule has 2 N–H and O–H groups in total. The molecule has 1 aromatic heterocycles. The first kappa shape index (κ1) is 20.0. The van der Waals surface area contributed by atoms with Crippen LogP contribution in [0, 0.1) is 19.7 Å². The van der Waals surface area contributed by atoms with Crippen molar-refractivity contribution >= 4 is 33.0 Å². The molecular formula is C20H19FN2O3S2. The van der Waals surface area contributed by atoms with Gasteiger partial charge in [0.15, 0.2) is 0 Å². The number of rotatable bonds is 6. The van der Waals surface area contributed by atoms with Gasteiger partial charge in [-0.05, 0) is 66.8 Å². The molecule has 1 heterocycles. The summed E-state index contributed by atoms with van der Waals surface area (Å²) in [4.78, 5) is 13.3. The van der Waals surface area contributed by atoms with Crippen LogP contribution in [0.25, 0.3) is 0 Å². The molecule has 0 bridgehead atoms. The standard InChI is InChI=1S/C20H19FN2O3S2/c1-13-6-7-17(11-18(13)21)28(25,26)23-16-5-3-4-15(10-16)20(24)22-12-19-14(2)8-9-27-19/h3-11,23H,12H2,1-2H3,(H,22,24). The number of halogens is 1. The summed E-state index contributed by atoms with van der Waals surface area (Å²) in [5.74, 6) is -0.907. The van der Waals surface area contributed by atoms with Crippen LogP contribution in [0.5, 0.6) is 0 Å². The highest BCUT2D eigenvalue weighted by Gasteiger charge is 2.17. The lowest BCUT2D eigenvalue weighted by molar-refractivity contribution is 0.0951. The summed E-state index contributed by atoms with van der Waals surface area (Å²) in [6, 6.07) is 11.8. The minimum atomic E-state index is -3.97. The maximum absolute atomic E-state index is 13.7. The van der Waals surface area contributed by atoms with Crippen LogP contribution in [0.3, 0.4) is 0 Å². The van der Waals surface area contributed by atoms with E-state index >= 15 is 0 Å². The van der Waals surface area contributed by atoms with E-state index in [1.165, 1.54) is 24.3 Å². The van der Waals surface area contributed by atoms with Gasteiger partial charge in [0, 0.05) is 16.1 Å². The number of amides is 1. The molecule has 0 spiro atoms. The van der Waals surface area contributed by atoms with Crippen molar-refractivity contribution in [3.63, 3.8) is 0 Å². The van der Waals surface area contributed by atoms with Crippen molar-refractivity contribution in [1.29, 1.82) is 0 Å². The molecule has 0 saturated carbocycles. The fourth-order valence-corrected chi connectivity index (χ4v) is 4.43. The second-order valence-electron chi connectivity index (χ2n) is 6.31. The Kier molecular flexibility index (Phi) is 5.81. The Morgan fingerprint density at radius 3 is 2.54 bits per heavy atom. The quantitative estimate of drug-likeness (QED) is 0.629. The molecule has 0 aliphatic rings. The molecule has 146 valence electrons. The van der Waals surface area contributed by atoms with Gasteiger partial charge in [0.2, 0.25) is 0 Å². The average Bonchev–Trinajstić information content (AvgIpc) is 3.06. The van der Waals surface area contributed by atoms with Crippen LogP contribution >= 0.6 is 11.3 Å². The minimum absolute atomic E-state index is 0.182. The van der Waals surface area contributed by atoms with Crippen molar-refractivity contribution in [2.45, 2.75) is 25.3 Å². The van der Waals surface area contributed by atoms with E-state index in [0.717, 1.165) is 16.5 Å². The maximum atomic E-state index is 13.7. The fourth-order valence-electron chi connectivity index (χ4n) is 2.53. The third kappa shape index (κ3) is 4.58. The van der Waals surface area contributed by atoms with Crippen LogP contribution < -0.4 is 10.0 Å². The topological polar surface area (TPSA) is 75.3 Å². The SMILES string of the molecule is Cc1ccc(S(=O)(=O)Nc2cccc(C(=O)NCc3sccc3C)c2)cc1F. The van der Waals surface area contributed by atoms with Crippen LogP contribution in [-0.4, -0.2) is 14.3 Å². The van der Waals surface area contributed by atoms with Gasteiger partial charge in [-0.3, -0.25) is 9.52 Å². The van der Waals surface area contributed by atoms with Gasteiger partial charge in [0.25, 0.3) is 15.9 Å². The van der Waals surface area contributed by atoms with Crippen molar-refractivity contribution in [3.05, 3.63) is 81.3 Å². The Hall–Kier alpha value is -2.71. The molecule has 3 aromatic rings. The fraction of sp³-hybridized carbons (Fsp3) is 0.150. The van der Waals surface area contributed by atoms with Crippen LogP contribution in [0.2, 0.25) is 0 Å². The van der Waals surface area contributed by atoms with Crippen LogP contribution in [0.15, 0.2) is 58.8 Å². The smallest absolute Gasteiger partial charge is 0.261 e. The highest BCUT2D eigenvalue weighted by Crippen LogP contribution is 2.20. The lowest BCUT2D eigenvalue weighted by Crippen LogP contribution is -2.23. The summed E-state index contributed by atoms with van der Waals surface area (Å²) in [5.41, 5.74) is 2.01. The summed E-state index contributed by atoms with van der Waals surface area (Å²) in [5, 5.41) is 4.78. The number of nitrogens with one attached hydrogen (secondary N) is 2. The van der Waals surface area contributed by atoms with E-state index in [0.29, 0.717) is 17.7 Å². The second kappa shape index (κ2) is 8.12. The molecule has 5 nitrogen and oxygen atoms in total. The van der Waals surface area contributed by atoms with Crippen LogP contribution in [0.1, 0.15) is 26.4 Å². The van der Waals surface area contributed by atoms with Crippen molar-refractivity contribution in [3.8, 4) is 0 Å². The van der Waals surface area contributed by atoms with E-state index in [-0.39, 0.29) is 16.5 Å². The summed E-state index contributed by atoms with van der Waals surface area (Å²) in [6.07, 6.45) is 0. The lowest BCUT2D eigenvalue weighted by Gasteiger charge is -2.10. The highest BCUT2D eigenvalue weighted by atomic mass is 32.2. The number of carbonyl (C=O) groups is 1. The summed E-state index contributed by atoms with van der Waals surface area (Å²) < 4.78 is 41.1. The van der Waals surface area contributed by atoms with Gasteiger partial charge >= 0.3 is 0 Å². The molecule has 3 rings (SSSR count). The Bertz CT molecular complexity index is 1120. The molecule has 0 radical (unpaired) electrons. The predicted octanol–water partition coefficient (Wildman–Crippen LogP) is 4.23. The van der Waals surface area contributed by atoms with E-state index in [2.05, 4.69) is 10.0 Å². The zero-order chi connectivity index (χ0) is 20.3. The highest BCUT2D eigenvalue weighted by molar-refractivity contribution is 7.92. The van der Waals surface area contributed by atoms with Crippen LogP contribution in [-0.2, 0) is 16.6 Å². The van der Waals surface area contributed by atoms with Gasteiger partial charge in [0.1, 0.15) is 5.82 Å². The van der Waals surface area contributed by atoms with E-state index in [1.54, 1.807) is 30.4 Å². The molecule has 2 aromatic carbocycles. The molecule has 8 heteroatoms. The summed E-state index contributed by atoms with van der Waals surface area (Å²) in [6.45, 7) is 3.93. The van der Waals surface area contributed by atoms with E-state index in [9.17, 15) is 17.6 Å². The van der Waals surface area contributed by atoms with Crippen molar-refractivity contribution in [2.24, 2.45) is 0 Å². The van der Waals surface area contributed by atoms with E-state index < -0.39 is 15.8 Å². The monoisotopic (exact) mass is 418 g/mol. The van der Waals surface area contributed by atoms with Gasteiger partial charge in [-0.2, -0.15) is 0 Å². The van der Waals surface area contributed by atoms with Gasteiger partial charge in [-0.1, -0.05) is 12.1 Å². The maximum Gasteiger partial charge on any atom is 0.261 e. The summed E-state index contributed by atoms with van der Waals surface area (Å²) >= 11 is 1.56. The average molecular weight is 419 g/mol. The first-order valence-corrected chi connectivity index (χ1v) is 10.8. The zero-order valence-electron chi connectivity index (χ0n) is 15.3. The second-order valence-corrected chi connectivity index (χ2v) is 8.99. The third-order valence-electron chi connectivity index (χ3n) is 4.21. The Balaban J connectivity index is 1.74. The molecule has 1 amide bonds. The summed E-state index contributed by atoms with van der Waals surface area (Å²) in [7, 11) is -3.97. The number of aryl methyl sites for hydroxylation is 2. The number of benzene rings is 2. The number of thiophene rings is 1. The van der Waals surface area contributed by atoms with Crippen molar-refractivity contribution in [1.82, 2.24) is 5.32 Å².